The molecule has 2 heteroatoms. The van der Waals surface area contributed by atoms with Crippen LogP contribution >= 0.6 is 0 Å². The van der Waals surface area contributed by atoms with Crippen LogP contribution in [-0.4, -0.2) is 0 Å². The lowest BCUT2D eigenvalue weighted by atomic mass is 9.98. The molecule has 11 rings (SSSR count). The molecule has 0 spiro atoms. The van der Waals surface area contributed by atoms with Crippen LogP contribution in [0, 0.1) is 0 Å². The van der Waals surface area contributed by atoms with E-state index in [4.69, 9.17) is 0 Å². The molecule has 66 heavy (non-hydrogen) atoms. The number of fused-ring (bicyclic) bond motifs is 1. The smallest absolute Gasteiger partial charge is 0.0462 e. The van der Waals surface area contributed by atoms with E-state index in [0.717, 1.165) is 45.3 Å². The Morgan fingerprint density at radius 2 is 0.409 bits per heavy atom. The van der Waals surface area contributed by atoms with Crippen LogP contribution in [0.5, 0.6) is 0 Å². The van der Waals surface area contributed by atoms with E-state index in [-0.39, 0.29) is 0 Å². The zero-order chi connectivity index (χ0) is 44.1. The second-order valence-electron chi connectivity index (χ2n) is 16.6. The summed E-state index contributed by atoms with van der Waals surface area (Å²) in [6.45, 7) is 0. The highest BCUT2D eigenvalue weighted by atomic mass is 15.1. The maximum absolute atomic E-state index is 2.35. The molecule has 2 nitrogen and oxygen atoms in total. The lowest BCUT2D eigenvalue weighted by Crippen LogP contribution is -2.10. The van der Waals surface area contributed by atoms with Crippen molar-refractivity contribution in [1.82, 2.24) is 0 Å². The summed E-state index contributed by atoms with van der Waals surface area (Å²) >= 11 is 0. The van der Waals surface area contributed by atoms with Gasteiger partial charge in [0.2, 0.25) is 0 Å². The third kappa shape index (κ3) is 8.28. The molecule has 0 heterocycles. The molecule has 0 aliphatic carbocycles. The van der Waals surface area contributed by atoms with Crippen molar-refractivity contribution in [2.24, 2.45) is 0 Å². The van der Waals surface area contributed by atoms with E-state index in [0.29, 0.717) is 0 Å². The minimum Gasteiger partial charge on any atom is -0.311 e. The van der Waals surface area contributed by atoms with Crippen molar-refractivity contribution < 1.29 is 0 Å². The first-order valence-electron chi connectivity index (χ1n) is 22.6. The van der Waals surface area contributed by atoms with Gasteiger partial charge >= 0.3 is 0 Å². The zero-order valence-electron chi connectivity index (χ0n) is 36.5. The molecule has 0 saturated heterocycles. The Balaban J connectivity index is 0.912. The van der Waals surface area contributed by atoms with Crippen LogP contribution in [0.15, 0.2) is 279 Å². The fourth-order valence-corrected chi connectivity index (χ4v) is 9.07. The molecule has 11 aromatic rings. The van der Waals surface area contributed by atoms with Crippen LogP contribution in [-0.2, 0) is 0 Å². The summed E-state index contributed by atoms with van der Waals surface area (Å²) in [6, 6.07) is 100. The summed E-state index contributed by atoms with van der Waals surface area (Å²) in [7, 11) is 0. The van der Waals surface area contributed by atoms with Crippen LogP contribution in [0.3, 0.4) is 0 Å². The minimum absolute atomic E-state index is 1.09. The van der Waals surface area contributed by atoms with Crippen LogP contribution < -0.4 is 9.80 Å². The molecule has 0 aliphatic heterocycles. The summed E-state index contributed by atoms with van der Waals surface area (Å²) in [5.41, 5.74) is 18.5. The second kappa shape index (κ2) is 18.2. The normalized spacial score (nSPS) is 11.0. The number of hydrogen-bond donors (Lipinski definition) is 0. The van der Waals surface area contributed by atoms with Gasteiger partial charge in [-0.3, -0.25) is 0 Å². The fraction of sp³-hybridized carbons (Fsp3) is 0. The van der Waals surface area contributed by atoms with Gasteiger partial charge in [-0.05, 0) is 139 Å². The average Bonchev–Trinajstić information content (AvgIpc) is 3.41. The van der Waals surface area contributed by atoms with Crippen LogP contribution in [0.4, 0.5) is 34.1 Å². The summed E-state index contributed by atoms with van der Waals surface area (Å²) in [5.74, 6) is 0. The molecule has 0 N–H and O–H groups in total. The molecule has 0 bridgehead atoms. The first-order valence-corrected chi connectivity index (χ1v) is 22.6. The Bertz CT molecular complexity index is 3240. The molecule has 0 radical (unpaired) electrons. The third-order valence-corrected chi connectivity index (χ3v) is 12.5. The standard InChI is InChI=1S/C64H46N2/c1-4-13-47(14-5-1)50-23-35-57(36-24-50)65(58-37-25-51(26-38-58)48-15-6-2-7-16-48)60-41-29-53(30-42-60)54-31-43-61(44-32-54)66(59-39-27-52(28-40-59)49-17-8-3-9-18-49)62-45-33-56(34-46-62)64-22-12-20-55-19-10-11-21-63(55)64/h1-46H. The molecule has 0 amide bonds. The molecule has 0 saturated carbocycles. The highest BCUT2D eigenvalue weighted by Gasteiger charge is 2.17. The predicted octanol–water partition coefficient (Wildman–Crippen LogP) is 18.1. The number of hydrogen-bond acceptors (Lipinski definition) is 2. The molecule has 0 aliphatic rings. The zero-order valence-corrected chi connectivity index (χ0v) is 36.5. The molecular weight excluding hydrogens is 797 g/mol. The number of rotatable bonds is 11. The Morgan fingerprint density at radius 3 is 0.727 bits per heavy atom. The van der Waals surface area contributed by atoms with Crippen molar-refractivity contribution in [3.63, 3.8) is 0 Å². The van der Waals surface area contributed by atoms with Gasteiger partial charge in [-0.25, -0.2) is 0 Å². The van der Waals surface area contributed by atoms with Gasteiger partial charge in [0.05, 0.1) is 0 Å². The van der Waals surface area contributed by atoms with Crippen molar-refractivity contribution in [2.75, 3.05) is 9.80 Å². The van der Waals surface area contributed by atoms with E-state index in [1.165, 1.54) is 55.3 Å². The average molecular weight is 843 g/mol. The van der Waals surface area contributed by atoms with E-state index in [2.05, 4.69) is 289 Å². The van der Waals surface area contributed by atoms with E-state index < -0.39 is 0 Å². The van der Waals surface area contributed by atoms with Gasteiger partial charge in [0, 0.05) is 34.1 Å². The molecule has 0 unspecified atom stereocenters. The third-order valence-electron chi connectivity index (χ3n) is 12.5. The van der Waals surface area contributed by atoms with E-state index >= 15 is 0 Å². The Labute approximate surface area is 387 Å². The Hall–Kier alpha value is -8.72. The first-order chi connectivity index (χ1) is 32.7. The van der Waals surface area contributed by atoms with Gasteiger partial charge in [0.25, 0.3) is 0 Å². The van der Waals surface area contributed by atoms with Crippen LogP contribution in [0.2, 0.25) is 0 Å². The van der Waals surface area contributed by atoms with Crippen molar-refractivity contribution in [1.29, 1.82) is 0 Å². The lowest BCUT2D eigenvalue weighted by Gasteiger charge is -2.27. The van der Waals surface area contributed by atoms with Crippen LogP contribution in [0.25, 0.3) is 66.4 Å². The van der Waals surface area contributed by atoms with Crippen molar-refractivity contribution in [3.05, 3.63) is 279 Å². The monoisotopic (exact) mass is 842 g/mol. The van der Waals surface area contributed by atoms with Crippen molar-refractivity contribution >= 4 is 44.9 Å². The molecular formula is C64H46N2. The van der Waals surface area contributed by atoms with Gasteiger partial charge in [-0.2, -0.15) is 0 Å². The van der Waals surface area contributed by atoms with Gasteiger partial charge in [-0.1, -0.05) is 206 Å². The summed E-state index contributed by atoms with van der Waals surface area (Å²) < 4.78 is 0. The van der Waals surface area contributed by atoms with E-state index in [1.54, 1.807) is 0 Å². The number of anilines is 6. The van der Waals surface area contributed by atoms with Gasteiger partial charge in [-0.15, -0.1) is 0 Å². The first kappa shape index (κ1) is 40.1. The minimum atomic E-state index is 1.09. The maximum atomic E-state index is 2.35. The Morgan fingerprint density at radius 1 is 0.167 bits per heavy atom. The molecule has 0 atom stereocenters. The van der Waals surface area contributed by atoms with Gasteiger partial charge in [0.15, 0.2) is 0 Å². The number of benzene rings is 11. The maximum Gasteiger partial charge on any atom is 0.0462 e. The van der Waals surface area contributed by atoms with Crippen molar-refractivity contribution in [3.8, 4) is 55.6 Å². The predicted molar refractivity (Wildman–Crippen MR) is 280 cm³/mol. The summed E-state index contributed by atoms with van der Waals surface area (Å²) in [5, 5.41) is 2.50. The van der Waals surface area contributed by atoms with E-state index in [9.17, 15) is 0 Å². The molecule has 312 valence electrons. The van der Waals surface area contributed by atoms with Gasteiger partial charge in [0.1, 0.15) is 0 Å². The quantitative estimate of drug-likeness (QED) is 0.128. The summed E-state index contributed by atoms with van der Waals surface area (Å²) in [6.07, 6.45) is 0. The van der Waals surface area contributed by atoms with E-state index in [1.807, 2.05) is 0 Å². The van der Waals surface area contributed by atoms with Gasteiger partial charge < -0.3 is 9.80 Å². The SMILES string of the molecule is c1ccc(-c2ccc(N(c3ccc(-c4ccccc4)cc3)c3ccc(-c4ccc(N(c5ccc(-c6ccccc6)cc5)c5ccc(-c6cccc7ccccc67)cc5)cc4)cc3)cc2)cc1. The number of nitrogens with zero attached hydrogens (tertiary/aromatic N) is 2. The second-order valence-corrected chi connectivity index (χ2v) is 16.6. The largest absolute Gasteiger partial charge is 0.311 e. The van der Waals surface area contributed by atoms with Crippen LogP contribution in [0.1, 0.15) is 0 Å². The topological polar surface area (TPSA) is 6.48 Å². The van der Waals surface area contributed by atoms with Crippen molar-refractivity contribution in [2.45, 2.75) is 0 Å². The highest BCUT2D eigenvalue weighted by molar-refractivity contribution is 5.97. The lowest BCUT2D eigenvalue weighted by molar-refractivity contribution is 1.28. The molecule has 0 fully saturated rings. The fourth-order valence-electron chi connectivity index (χ4n) is 9.07. The molecule has 0 aromatic heterocycles. The summed E-state index contributed by atoms with van der Waals surface area (Å²) in [4.78, 5) is 4.68. The highest BCUT2D eigenvalue weighted by Crippen LogP contribution is 2.41. The molecule has 11 aromatic carbocycles. The Kier molecular flexibility index (Phi) is 11.0.